The van der Waals surface area contributed by atoms with Crippen molar-refractivity contribution in [3.8, 4) is 5.75 Å². The molecule has 5 heteroatoms. The Hall–Kier alpha value is -2.33. The summed E-state index contributed by atoms with van der Waals surface area (Å²) in [7, 11) is 0. The fourth-order valence-corrected chi connectivity index (χ4v) is 1.76. The van der Waals surface area contributed by atoms with Crippen LogP contribution < -0.4 is 4.74 Å². The molecule has 2 aromatic rings. The quantitative estimate of drug-likeness (QED) is 0.613. The maximum Gasteiger partial charge on any atom is 0.235 e. The normalized spacial score (nSPS) is 10.7. The molecule has 0 aromatic heterocycles. The predicted molar refractivity (Wildman–Crippen MR) is 78.3 cm³/mol. The van der Waals surface area contributed by atoms with E-state index in [1.54, 1.807) is 30.3 Å². The molecular formula is C15H12ClNO3. The zero-order valence-electron chi connectivity index (χ0n) is 10.5. The van der Waals surface area contributed by atoms with Crippen LogP contribution in [0.15, 0.2) is 54.7 Å². The Morgan fingerprint density at radius 1 is 1.15 bits per heavy atom. The van der Waals surface area contributed by atoms with Crippen LogP contribution in [0.5, 0.6) is 5.75 Å². The first kappa shape index (κ1) is 14.1. The fourth-order valence-electron chi connectivity index (χ4n) is 1.63. The molecule has 4 nitrogen and oxygen atoms in total. The Bertz CT molecular complexity index is 623. The van der Waals surface area contributed by atoms with Gasteiger partial charge in [0.25, 0.3) is 0 Å². The smallest absolute Gasteiger partial charge is 0.235 e. The van der Waals surface area contributed by atoms with Gasteiger partial charge in [-0.2, -0.15) is 0 Å². The Labute approximate surface area is 121 Å². The standard InChI is InChI=1S/C15H12ClNO3/c16-14-7-5-12(6-8-14)11-20-15-4-2-1-3-13(15)9-10-17(18)19/h1-10H,11H2/b10-9+. The zero-order valence-corrected chi connectivity index (χ0v) is 11.3. The van der Waals surface area contributed by atoms with Crippen LogP contribution in [0.3, 0.4) is 0 Å². The topological polar surface area (TPSA) is 52.4 Å². The molecule has 0 N–H and O–H groups in total. The molecule has 0 bridgehead atoms. The van der Waals surface area contributed by atoms with Crippen LogP contribution >= 0.6 is 11.6 Å². The van der Waals surface area contributed by atoms with E-state index in [1.807, 2.05) is 18.2 Å². The number of rotatable bonds is 5. The van der Waals surface area contributed by atoms with Crippen molar-refractivity contribution in [2.75, 3.05) is 0 Å². The highest BCUT2D eigenvalue weighted by Gasteiger charge is 2.02. The average Bonchev–Trinajstić information content (AvgIpc) is 2.45. The van der Waals surface area contributed by atoms with Crippen LogP contribution in [-0.2, 0) is 6.61 Å². The first-order valence-electron chi connectivity index (χ1n) is 5.93. The minimum atomic E-state index is -0.504. The maximum atomic E-state index is 10.4. The van der Waals surface area contributed by atoms with E-state index in [4.69, 9.17) is 16.3 Å². The lowest BCUT2D eigenvalue weighted by Gasteiger charge is -2.08. The monoisotopic (exact) mass is 289 g/mol. The molecule has 0 amide bonds. The molecular weight excluding hydrogens is 278 g/mol. The third kappa shape index (κ3) is 4.10. The molecule has 2 aromatic carbocycles. The number of nitro groups is 1. The van der Waals surface area contributed by atoms with E-state index in [9.17, 15) is 10.1 Å². The van der Waals surface area contributed by atoms with Gasteiger partial charge >= 0.3 is 0 Å². The van der Waals surface area contributed by atoms with E-state index < -0.39 is 4.92 Å². The third-order valence-corrected chi connectivity index (χ3v) is 2.85. The summed E-state index contributed by atoms with van der Waals surface area (Å²) in [4.78, 5) is 9.86. The van der Waals surface area contributed by atoms with Crippen LogP contribution in [-0.4, -0.2) is 4.92 Å². The first-order valence-corrected chi connectivity index (χ1v) is 6.31. The molecule has 0 saturated heterocycles. The van der Waals surface area contributed by atoms with Crippen molar-refractivity contribution in [2.24, 2.45) is 0 Å². The summed E-state index contributed by atoms with van der Waals surface area (Å²) in [5.41, 5.74) is 1.64. The van der Waals surface area contributed by atoms with Crippen molar-refractivity contribution < 1.29 is 9.66 Å². The van der Waals surface area contributed by atoms with Gasteiger partial charge in [-0.1, -0.05) is 41.9 Å². The second kappa shape index (κ2) is 6.73. The molecule has 0 heterocycles. The maximum absolute atomic E-state index is 10.4. The van der Waals surface area contributed by atoms with Crippen molar-refractivity contribution in [2.45, 2.75) is 6.61 Å². The van der Waals surface area contributed by atoms with E-state index in [2.05, 4.69) is 0 Å². The van der Waals surface area contributed by atoms with Gasteiger partial charge in [0, 0.05) is 16.7 Å². The van der Waals surface area contributed by atoms with E-state index in [0.29, 0.717) is 22.9 Å². The number of hydrogen-bond donors (Lipinski definition) is 0. The highest BCUT2D eigenvalue weighted by atomic mass is 35.5. The SMILES string of the molecule is O=[N+]([O-])/C=C/c1ccccc1OCc1ccc(Cl)cc1. The second-order valence-electron chi connectivity index (χ2n) is 4.05. The minimum absolute atomic E-state index is 0.375. The molecule has 0 spiro atoms. The molecule has 0 aliphatic rings. The fraction of sp³-hybridized carbons (Fsp3) is 0.0667. The summed E-state index contributed by atoms with van der Waals surface area (Å²) >= 11 is 5.81. The van der Waals surface area contributed by atoms with Gasteiger partial charge < -0.3 is 4.74 Å². The minimum Gasteiger partial charge on any atom is -0.488 e. The van der Waals surface area contributed by atoms with Crippen LogP contribution in [0.2, 0.25) is 5.02 Å². The van der Waals surface area contributed by atoms with Crippen molar-refractivity contribution in [3.63, 3.8) is 0 Å². The summed E-state index contributed by atoms with van der Waals surface area (Å²) in [6.45, 7) is 0.375. The van der Waals surface area contributed by atoms with Crippen molar-refractivity contribution >= 4 is 17.7 Å². The third-order valence-electron chi connectivity index (χ3n) is 2.60. The molecule has 0 radical (unpaired) electrons. The number of para-hydroxylation sites is 1. The second-order valence-corrected chi connectivity index (χ2v) is 4.49. The molecule has 0 fully saturated rings. The van der Waals surface area contributed by atoms with Gasteiger partial charge in [0.15, 0.2) is 0 Å². The van der Waals surface area contributed by atoms with Gasteiger partial charge in [0.2, 0.25) is 6.20 Å². The Morgan fingerprint density at radius 2 is 1.85 bits per heavy atom. The molecule has 2 rings (SSSR count). The molecule has 102 valence electrons. The molecule has 0 aliphatic carbocycles. The van der Waals surface area contributed by atoms with Gasteiger partial charge in [-0.25, -0.2) is 0 Å². The number of ether oxygens (including phenoxy) is 1. The zero-order chi connectivity index (χ0) is 14.4. The summed E-state index contributed by atoms with van der Waals surface area (Å²) < 4.78 is 5.68. The Balaban J connectivity index is 2.09. The first-order chi connectivity index (χ1) is 9.65. The van der Waals surface area contributed by atoms with Gasteiger partial charge in [0.1, 0.15) is 12.4 Å². The number of benzene rings is 2. The molecule has 0 atom stereocenters. The molecule has 0 saturated carbocycles. The van der Waals surface area contributed by atoms with Gasteiger partial charge in [-0.05, 0) is 23.8 Å². The summed E-state index contributed by atoms with van der Waals surface area (Å²) in [6, 6.07) is 14.5. The average molecular weight is 290 g/mol. The summed E-state index contributed by atoms with van der Waals surface area (Å²) in [5.74, 6) is 0.598. The summed E-state index contributed by atoms with van der Waals surface area (Å²) in [5, 5.41) is 11.0. The number of hydrogen-bond acceptors (Lipinski definition) is 3. The lowest BCUT2D eigenvalue weighted by Crippen LogP contribution is -1.96. The number of halogens is 1. The van der Waals surface area contributed by atoms with Crippen molar-refractivity contribution in [1.82, 2.24) is 0 Å². The Morgan fingerprint density at radius 3 is 2.55 bits per heavy atom. The van der Waals surface area contributed by atoms with Crippen molar-refractivity contribution in [3.05, 3.63) is 81.0 Å². The lowest BCUT2D eigenvalue weighted by molar-refractivity contribution is -0.400. The number of nitrogens with zero attached hydrogens (tertiary/aromatic N) is 1. The van der Waals surface area contributed by atoms with Gasteiger partial charge in [-0.15, -0.1) is 0 Å². The molecule has 20 heavy (non-hydrogen) atoms. The van der Waals surface area contributed by atoms with Crippen LogP contribution in [0.25, 0.3) is 6.08 Å². The van der Waals surface area contributed by atoms with E-state index in [-0.39, 0.29) is 0 Å². The van der Waals surface area contributed by atoms with Crippen LogP contribution in [0, 0.1) is 10.1 Å². The van der Waals surface area contributed by atoms with E-state index >= 15 is 0 Å². The largest absolute Gasteiger partial charge is 0.488 e. The molecule has 0 unspecified atom stereocenters. The van der Waals surface area contributed by atoms with Gasteiger partial charge in [0.05, 0.1) is 4.92 Å². The molecule has 0 aliphatic heterocycles. The summed E-state index contributed by atoms with van der Waals surface area (Å²) in [6.07, 6.45) is 2.31. The predicted octanol–water partition coefficient (Wildman–Crippen LogP) is 4.17. The van der Waals surface area contributed by atoms with E-state index in [0.717, 1.165) is 11.8 Å². The van der Waals surface area contributed by atoms with Crippen molar-refractivity contribution in [1.29, 1.82) is 0 Å². The van der Waals surface area contributed by atoms with Crippen LogP contribution in [0.1, 0.15) is 11.1 Å². The van der Waals surface area contributed by atoms with Gasteiger partial charge in [-0.3, -0.25) is 10.1 Å². The highest BCUT2D eigenvalue weighted by Crippen LogP contribution is 2.21. The van der Waals surface area contributed by atoms with E-state index in [1.165, 1.54) is 6.08 Å². The Kier molecular flexibility index (Phi) is 4.74. The lowest BCUT2D eigenvalue weighted by atomic mass is 10.2. The van der Waals surface area contributed by atoms with Crippen LogP contribution in [0.4, 0.5) is 0 Å². The highest BCUT2D eigenvalue weighted by molar-refractivity contribution is 6.30.